The third kappa shape index (κ3) is 5.92. The van der Waals surface area contributed by atoms with Crippen molar-refractivity contribution in [3.05, 3.63) is 23.8 Å². The monoisotopic (exact) mass is 269 g/mol. The Hall–Kier alpha value is -1.30. The van der Waals surface area contributed by atoms with E-state index in [0.717, 1.165) is 13.0 Å². The highest BCUT2D eigenvalue weighted by Gasteiger charge is 2.09. The molecule has 1 rings (SSSR count). The standard InChI is InChI=1S/C14H23NO4/c1-10(2)19-7-3-6-15-9-14(18)11-4-5-12(16)13(17)8-11/h4-5,8,10,14-18H,3,6-7,9H2,1-2H3. The van der Waals surface area contributed by atoms with Gasteiger partial charge in [-0.25, -0.2) is 0 Å². The molecule has 4 N–H and O–H groups in total. The van der Waals surface area contributed by atoms with Crippen molar-refractivity contribution in [1.82, 2.24) is 5.32 Å². The fraction of sp³-hybridized carbons (Fsp3) is 0.571. The van der Waals surface area contributed by atoms with Gasteiger partial charge in [0.1, 0.15) is 0 Å². The summed E-state index contributed by atoms with van der Waals surface area (Å²) in [5, 5.41) is 31.5. The van der Waals surface area contributed by atoms with Crippen LogP contribution in [0.5, 0.6) is 11.5 Å². The summed E-state index contributed by atoms with van der Waals surface area (Å²) in [7, 11) is 0. The molecule has 0 spiro atoms. The summed E-state index contributed by atoms with van der Waals surface area (Å²) in [5.41, 5.74) is 0.571. The van der Waals surface area contributed by atoms with Crippen LogP contribution in [0.3, 0.4) is 0 Å². The lowest BCUT2D eigenvalue weighted by molar-refractivity contribution is 0.0763. The van der Waals surface area contributed by atoms with Crippen molar-refractivity contribution >= 4 is 0 Å². The smallest absolute Gasteiger partial charge is 0.157 e. The SMILES string of the molecule is CC(C)OCCCNCC(O)c1ccc(O)c(O)c1. The van der Waals surface area contributed by atoms with Crippen molar-refractivity contribution in [2.45, 2.75) is 32.5 Å². The molecule has 0 amide bonds. The molecule has 0 saturated carbocycles. The molecule has 0 saturated heterocycles. The van der Waals surface area contributed by atoms with Crippen LogP contribution in [0.2, 0.25) is 0 Å². The first-order valence-corrected chi connectivity index (χ1v) is 6.53. The summed E-state index contributed by atoms with van der Waals surface area (Å²) in [6, 6.07) is 4.32. The van der Waals surface area contributed by atoms with Gasteiger partial charge in [0, 0.05) is 13.2 Å². The van der Waals surface area contributed by atoms with Crippen molar-refractivity contribution in [3.63, 3.8) is 0 Å². The Morgan fingerprint density at radius 1 is 1.21 bits per heavy atom. The van der Waals surface area contributed by atoms with Crippen molar-refractivity contribution < 1.29 is 20.1 Å². The molecular weight excluding hydrogens is 246 g/mol. The summed E-state index contributed by atoms with van der Waals surface area (Å²) < 4.78 is 5.40. The van der Waals surface area contributed by atoms with E-state index < -0.39 is 6.10 Å². The van der Waals surface area contributed by atoms with Crippen molar-refractivity contribution in [2.75, 3.05) is 19.7 Å². The topological polar surface area (TPSA) is 82.0 Å². The van der Waals surface area contributed by atoms with E-state index in [0.29, 0.717) is 18.7 Å². The quantitative estimate of drug-likeness (QED) is 0.425. The average molecular weight is 269 g/mol. The number of nitrogens with one attached hydrogen (secondary N) is 1. The predicted molar refractivity (Wildman–Crippen MR) is 73.3 cm³/mol. The molecule has 0 aromatic heterocycles. The zero-order valence-electron chi connectivity index (χ0n) is 11.5. The summed E-state index contributed by atoms with van der Waals surface area (Å²) in [6.07, 6.45) is 0.411. The van der Waals surface area contributed by atoms with Crippen LogP contribution in [0.25, 0.3) is 0 Å². The number of aromatic hydroxyl groups is 2. The first kappa shape index (κ1) is 15.8. The molecule has 1 atom stereocenters. The minimum atomic E-state index is -0.711. The maximum absolute atomic E-state index is 9.89. The molecule has 0 aliphatic rings. The highest BCUT2D eigenvalue weighted by atomic mass is 16.5. The van der Waals surface area contributed by atoms with Gasteiger partial charge < -0.3 is 25.4 Å². The number of hydrogen-bond acceptors (Lipinski definition) is 5. The number of rotatable bonds is 8. The van der Waals surface area contributed by atoms with Crippen molar-refractivity contribution in [3.8, 4) is 11.5 Å². The summed E-state index contributed by atoms with van der Waals surface area (Å²) in [5.74, 6) is -0.406. The first-order chi connectivity index (χ1) is 9.00. The minimum Gasteiger partial charge on any atom is -0.504 e. The molecule has 19 heavy (non-hydrogen) atoms. The number of hydrogen-bond donors (Lipinski definition) is 4. The van der Waals surface area contributed by atoms with Crippen LogP contribution in [0, 0.1) is 0 Å². The van der Waals surface area contributed by atoms with Crippen molar-refractivity contribution in [2.24, 2.45) is 0 Å². The molecule has 0 bridgehead atoms. The molecule has 108 valence electrons. The second-order valence-corrected chi connectivity index (χ2v) is 4.74. The van der Waals surface area contributed by atoms with Gasteiger partial charge >= 0.3 is 0 Å². The number of ether oxygens (including phenoxy) is 1. The van der Waals surface area contributed by atoms with Gasteiger partial charge in [-0.2, -0.15) is 0 Å². The molecule has 5 heteroatoms. The summed E-state index contributed by atoms with van der Waals surface area (Å²) in [4.78, 5) is 0. The maximum Gasteiger partial charge on any atom is 0.157 e. The normalized spacial score (nSPS) is 12.8. The third-order valence-corrected chi connectivity index (χ3v) is 2.67. The Morgan fingerprint density at radius 2 is 1.95 bits per heavy atom. The van der Waals surface area contributed by atoms with Gasteiger partial charge in [-0.15, -0.1) is 0 Å². The van der Waals surface area contributed by atoms with Gasteiger partial charge in [0.25, 0.3) is 0 Å². The number of aliphatic hydroxyl groups excluding tert-OH is 1. The fourth-order valence-corrected chi connectivity index (χ4v) is 1.62. The van der Waals surface area contributed by atoms with E-state index in [2.05, 4.69) is 5.32 Å². The van der Waals surface area contributed by atoms with Crippen LogP contribution < -0.4 is 5.32 Å². The van der Waals surface area contributed by atoms with Crippen LogP contribution >= 0.6 is 0 Å². The second kappa shape index (κ2) is 7.99. The van der Waals surface area contributed by atoms with Crippen molar-refractivity contribution in [1.29, 1.82) is 0 Å². The van der Waals surface area contributed by atoms with E-state index in [9.17, 15) is 15.3 Å². The van der Waals surface area contributed by atoms with Crippen LogP contribution in [-0.4, -0.2) is 41.1 Å². The molecule has 5 nitrogen and oxygen atoms in total. The summed E-state index contributed by atoms with van der Waals surface area (Å²) in [6.45, 7) is 5.84. The Bertz CT molecular complexity index is 382. The van der Waals surface area contributed by atoms with Gasteiger partial charge in [0.05, 0.1) is 12.2 Å². The fourth-order valence-electron chi connectivity index (χ4n) is 1.62. The zero-order chi connectivity index (χ0) is 14.3. The van der Waals surface area contributed by atoms with Gasteiger partial charge in [-0.1, -0.05) is 6.07 Å². The Balaban J connectivity index is 2.23. The number of phenolic OH excluding ortho intramolecular Hbond substituents is 2. The highest BCUT2D eigenvalue weighted by molar-refractivity contribution is 5.41. The Kier molecular flexibility index (Phi) is 6.62. The van der Waals surface area contributed by atoms with Gasteiger partial charge in [0.2, 0.25) is 0 Å². The molecule has 1 aromatic rings. The van der Waals surface area contributed by atoms with E-state index in [1.807, 2.05) is 13.8 Å². The first-order valence-electron chi connectivity index (χ1n) is 6.53. The Labute approximate surface area is 113 Å². The molecule has 0 aliphatic heterocycles. The third-order valence-electron chi connectivity index (χ3n) is 2.67. The molecular formula is C14H23NO4. The zero-order valence-corrected chi connectivity index (χ0v) is 11.5. The lowest BCUT2D eigenvalue weighted by Crippen LogP contribution is -2.23. The Morgan fingerprint density at radius 3 is 2.58 bits per heavy atom. The van der Waals surface area contributed by atoms with E-state index in [1.165, 1.54) is 12.1 Å². The maximum atomic E-state index is 9.89. The molecule has 0 heterocycles. The lowest BCUT2D eigenvalue weighted by atomic mass is 10.1. The van der Waals surface area contributed by atoms with E-state index >= 15 is 0 Å². The average Bonchev–Trinajstić information content (AvgIpc) is 2.36. The molecule has 0 aliphatic carbocycles. The second-order valence-electron chi connectivity index (χ2n) is 4.74. The van der Waals surface area contributed by atoms with Crippen LogP contribution in [0.4, 0.5) is 0 Å². The van der Waals surface area contributed by atoms with Gasteiger partial charge in [0.15, 0.2) is 11.5 Å². The molecule has 1 unspecified atom stereocenters. The number of phenols is 2. The van der Waals surface area contributed by atoms with E-state index in [1.54, 1.807) is 6.07 Å². The van der Waals surface area contributed by atoms with Gasteiger partial charge in [-0.3, -0.25) is 0 Å². The van der Waals surface area contributed by atoms with Crippen LogP contribution in [0.15, 0.2) is 18.2 Å². The summed E-state index contributed by atoms with van der Waals surface area (Å²) >= 11 is 0. The predicted octanol–water partition coefficient (Wildman–Crippen LogP) is 1.54. The molecule has 0 fully saturated rings. The number of aliphatic hydroxyl groups is 1. The largest absolute Gasteiger partial charge is 0.504 e. The molecule has 0 radical (unpaired) electrons. The van der Waals surface area contributed by atoms with Gasteiger partial charge in [-0.05, 0) is 44.5 Å². The number of benzene rings is 1. The molecule has 1 aromatic carbocycles. The minimum absolute atomic E-state index is 0.185. The van der Waals surface area contributed by atoms with E-state index in [-0.39, 0.29) is 17.6 Å². The van der Waals surface area contributed by atoms with Crippen LogP contribution in [0.1, 0.15) is 31.9 Å². The highest BCUT2D eigenvalue weighted by Crippen LogP contribution is 2.27. The van der Waals surface area contributed by atoms with Crippen LogP contribution in [-0.2, 0) is 4.74 Å². The van der Waals surface area contributed by atoms with E-state index in [4.69, 9.17) is 4.74 Å². The lowest BCUT2D eigenvalue weighted by Gasteiger charge is -2.13.